The quantitative estimate of drug-likeness (QED) is 0.799. The van der Waals surface area contributed by atoms with Crippen molar-refractivity contribution in [2.75, 3.05) is 13.1 Å². The second kappa shape index (κ2) is 5.49. The Labute approximate surface area is 124 Å². The summed E-state index contributed by atoms with van der Waals surface area (Å²) < 4.78 is 0. The number of halogens is 1. The van der Waals surface area contributed by atoms with Crippen LogP contribution in [0, 0.1) is 5.41 Å². The molecule has 108 valence electrons. The zero-order valence-corrected chi connectivity index (χ0v) is 12.9. The first kappa shape index (κ1) is 14.9. The summed E-state index contributed by atoms with van der Waals surface area (Å²) in [4.78, 5) is 14.2. The lowest BCUT2D eigenvalue weighted by atomic mass is 9.83. The van der Waals surface area contributed by atoms with Crippen LogP contribution in [-0.2, 0) is 0 Å². The van der Waals surface area contributed by atoms with Gasteiger partial charge in [-0.3, -0.25) is 4.79 Å². The van der Waals surface area contributed by atoms with Crippen molar-refractivity contribution in [3.8, 4) is 5.75 Å². The van der Waals surface area contributed by atoms with Crippen LogP contribution in [0.25, 0.3) is 0 Å². The minimum absolute atomic E-state index is 0.0562. The maximum atomic E-state index is 12.4. The van der Waals surface area contributed by atoms with Gasteiger partial charge in [-0.2, -0.15) is 0 Å². The van der Waals surface area contributed by atoms with E-state index in [0.29, 0.717) is 23.7 Å². The molecule has 3 nitrogen and oxygen atoms in total. The van der Waals surface area contributed by atoms with Crippen LogP contribution in [0.5, 0.6) is 5.75 Å². The van der Waals surface area contributed by atoms with Gasteiger partial charge < -0.3 is 10.0 Å². The fourth-order valence-electron chi connectivity index (χ4n) is 2.38. The van der Waals surface area contributed by atoms with Crippen molar-refractivity contribution in [3.05, 3.63) is 40.4 Å². The molecule has 0 aromatic heterocycles. The molecular weight excluding hydrogens is 274 g/mol. The van der Waals surface area contributed by atoms with Gasteiger partial charge in [-0.25, -0.2) is 0 Å². The monoisotopic (exact) mass is 293 g/mol. The summed E-state index contributed by atoms with van der Waals surface area (Å²) in [5, 5.41) is 9.87. The Morgan fingerprint density at radius 2 is 2.05 bits per heavy atom. The molecule has 2 rings (SSSR count). The third-order valence-electron chi connectivity index (χ3n) is 3.64. The van der Waals surface area contributed by atoms with Gasteiger partial charge in [0.1, 0.15) is 5.75 Å². The van der Waals surface area contributed by atoms with E-state index in [1.165, 1.54) is 17.7 Å². The van der Waals surface area contributed by atoms with E-state index in [1.807, 2.05) is 0 Å². The van der Waals surface area contributed by atoms with Crippen molar-refractivity contribution in [3.63, 3.8) is 0 Å². The van der Waals surface area contributed by atoms with Crippen LogP contribution in [0.1, 0.15) is 37.6 Å². The molecule has 1 heterocycles. The van der Waals surface area contributed by atoms with Gasteiger partial charge in [0.15, 0.2) is 0 Å². The van der Waals surface area contributed by atoms with Gasteiger partial charge in [0, 0.05) is 13.1 Å². The van der Waals surface area contributed by atoms with Gasteiger partial charge in [-0.15, -0.1) is 0 Å². The number of phenols is 1. The molecular formula is C16H20ClNO2. The molecule has 0 radical (unpaired) electrons. The van der Waals surface area contributed by atoms with Crippen molar-refractivity contribution in [2.45, 2.75) is 27.2 Å². The summed E-state index contributed by atoms with van der Waals surface area (Å²) in [5.74, 6) is -0.0733. The zero-order chi connectivity index (χ0) is 14.9. The van der Waals surface area contributed by atoms with Gasteiger partial charge >= 0.3 is 0 Å². The van der Waals surface area contributed by atoms with Gasteiger partial charge in [0.2, 0.25) is 0 Å². The molecule has 0 atom stereocenters. The maximum absolute atomic E-state index is 12.4. The average molecular weight is 294 g/mol. The normalized spacial score (nSPS) is 16.0. The highest BCUT2D eigenvalue weighted by molar-refractivity contribution is 6.33. The summed E-state index contributed by atoms with van der Waals surface area (Å²) in [5.41, 5.74) is 1.89. The largest absolute Gasteiger partial charge is 0.508 e. The smallest absolute Gasteiger partial charge is 0.255 e. The molecule has 1 aliphatic heterocycles. The van der Waals surface area contributed by atoms with Gasteiger partial charge in [-0.1, -0.05) is 44.0 Å². The molecule has 4 heteroatoms. The molecule has 0 saturated carbocycles. The summed E-state index contributed by atoms with van der Waals surface area (Å²) in [6, 6.07) is 4.45. The Bertz CT molecular complexity index is 558. The van der Waals surface area contributed by atoms with E-state index < -0.39 is 0 Å². The number of carbonyl (C=O) groups is 1. The van der Waals surface area contributed by atoms with Crippen LogP contribution in [0.3, 0.4) is 0 Å². The molecule has 0 fully saturated rings. The predicted octanol–water partition coefficient (Wildman–Crippen LogP) is 3.86. The van der Waals surface area contributed by atoms with Crippen LogP contribution in [-0.4, -0.2) is 29.0 Å². The van der Waals surface area contributed by atoms with Crippen molar-refractivity contribution in [2.24, 2.45) is 5.41 Å². The minimum Gasteiger partial charge on any atom is -0.508 e. The highest BCUT2D eigenvalue weighted by Gasteiger charge is 2.25. The van der Waals surface area contributed by atoms with E-state index in [1.54, 1.807) is 11.0 Å². The predicted molar refractivity (Wildman–Crippen MR) is 81.2 cm³/mol. The average Bonchev–Trinajstić information content (AvgIpc) is 2.40. The molecule has 0 unspecified atom stereocenters. The Hall–Kier alpha value is -1.48. The number of hydrogen-bond acceptors (Lipinski definition) is 2. The first-order chi connectivity index (χ1) is 9.29. The highest BCUT2D eigenvalue weighted by atomic mass is 35.5. The third kappa shape index (κ3) is 3.15. The molecule has 1 amide bonds. The minimum atomic E-state index is -0.130. The summed E-state index contributed by atoms with van der Waals surface area (Å²) in [7, 11) is 0. The first-order valence-corrected chi connectivity index (χ1v) is 7.14. The topological polar surface area (TPSA) is 40.5 Å². The fraction of sp³-hybridized carbons (Fsp3) is 0.438. The molecule has 1 aromatic carbocycles. The summed E-state index contributed by atoms with van der Waals surface area (Å²) in [6.07, 6.45) is 3.00. The van der Waals surface area contributed by atoms with Crippen molar-refractivity contribution < 1.29 is 9.90 Å². The fourth-order valence-corrected chi connectivity index (χ4v) is 2.58. The van der Waals surface area contributed by atoms with Crippen molar-refractivity contribution in [1.82, 2.24) is 4.90 Å². The lowest BCUT2D eigenvalue weighted by molar-refractivity contribution is 0.0764. The molecule has 1 aromatic rings. The number of amides is 1. The number of nitrogens with zero attached hydrogens (tertiary/aromatic N) is 1. The van der Waals surface area contributed by atoms with Crippen LogP contribution in [0.4, 0.5) is 0 Å². The van der Waals surface area contributed by atoms with E-state index in [9.17, 15) is 9.90 Å². The van der Waals surface area contributed by atoms with E-state index in [-0.39, 0.29) is 17.1 Å². The Morgan fingerprint density at radius 1 is 1.35 bits per heavy atom. The molecule has 1 N–H and O–H groups in total. The lowest BCUT2D eigenvalue weighted by Crippen LogP contribution is -2.36. The summed E-state index contributed by atoms with van der Waals surface area (Å²) in [6.45, 7) is 7.83. The highest BCUT2D eigenvalue weighted by Crippen LogP contribution is 2.31. The van der Waals surface area contributed by atoms with Crippen molar-refractivity contribution in [1.29, 1.82) is 0 Å². The molecule has 0 bridgehead atoms. The number of carbonyl (C=O) groups excluding carboxylic acids is 1. The second-order valence-corrected chi connectivity index (χ2v) is 6.55. The Morgan fingerprint density at radius 3 is 2.60 bits per heavy atom. The third-order valence-corrected chi connectivity index (χ3v) is 3.97. The Balaban J connectivity index is 2.17. The van der Waals surface area contributed by atoms with Crippen molar-refractivity contribution >= 4 is 17.5 Å². The molecule has 0 saturated heterocycles. The number of rotatable bonds is 1. The molecule has 1 aliphatic rings. The molecule has 0 aliphatic carbocycles. The van der Waals surface area contributed by atoms with Gasteiger partial charge in [0.25, 0.3) is 5.91 Å². The second-order valence-electron chi connectivity index (χ2n) is 6.14. The standard InChI is InChI=1S/C16H20ClNO2/c1-16(2,3)11-6-8-18(9-7-11)15(20)13-10-12(19)4-5-14(13)17/h4-6,10,19H,7-9H2,1-3H3. The van der Waals surface area contributed by atoms with Crippen LogP contribution >= 0.6 is 11.6 Å². The SMILES string of the molecule is CC(C)(C)C1=CCN(C(=O)c2cc(O)ccc2Cl)CC1. The van der Waals surface area contributed by atoms with E-state index in [4.69, 9.17) is 11.6 Å². The lowest BCUT2D eigenvalue weighted by Gasteiger charge is -2.32. The molecule has 20 heavy (non-hydrogen) atoms. The number of hydrogen-bond donors (Lipinski definition) is 1. The first-order valence-electron chi connectivity index (χ1n) is 6.76. The van der Waals surface area contributed by atoms with E-state index in [2.05, 4.69) is 26.8 Å². The van der Waals surface area contributed by atoms with Gasteiger partial charge in [0.05, 0.1) is 10.6 Å². The maximum Gasteiger partial charge on any atom is 0.255 e. The zero-order valence-electron chi connectivity index (χ0n) is 12.1. The van der Waals surface area contributed by atoms with Crippen LogP contribution in [0.15, 0.2) is 29.8 Å². The van der Waals surface area contributed by atoms with E-state index >= 15 is 0 Å². The molecule has 0 spiro atoms. The number of benzene rings is 1. The van der Waals surface area contributed by atoms with Crippen LogP contribution < -0.4 is 0 Å². The van der Waals surface area contributed by atoms with E-state index in [0.717, 1.165) is 6.42 Å². The van der Waals surface area contributed by atoms with Crippen LogP contribution in [0.2, 0.25) is 5.02 Å². The van der Waals surface area contributed by atoms with Gasteiger partial charge in [-0.05, 0) is 30.0 Å². The number of phenolic OH excluding ortho intramolecular Hbond substituents is 1. The number of aromatic hydroxyl groups is 1. The Kier molecular flexibility index (Phi) is 4.09. The summed E-state index contributed by atoms with van der Waals surface area (Å²) >= 11 is 6.04.